The molecular weight excluding hydrogens is 186 g/mol. The second-order valence-corrected chi connectivity index (χ2v) is 3.76. The van der Waals surface area contributed by atoms with Crippen LogP contribution in [0, 0.1) is 0 Å². The second-order valence-electron chi connectivity index (χ2n) is 3.40. The highest BCUT2D eigenvalue weighted by molar-refractivity contribution is 6.30. The van der Waals surface area contributed by atoms with Gasteiger partial charge >= 0.3 is 0 Å². The summed E-state index contributed by atoms with van der Waals surface area (Å²) in [5, 5.41) is 3.69. The van der Waals surface area contributed by atoms with Crippen LogP contribution >= 0.6 is 11.6 Å². The molecule has 4 heteroatoms. The van der Waals surface area contributed by atoms with E-state index in [-0.39, 0.29) is 0 Å². The smallest absolute Gasteiger partial charge is 0.150 e. The van der Waals surface area contributed by atoms with Gasteiger partial charge in [-0.1, -0.05) is 25.4 Å². The largest absolute Gasteiger partial charge is 0.344 e. The van der Waals surface area contributed by atoms with E-state index in [1.807, 2.05) is 7.05 Å². The summed E-state index contributed by atoms with van der Waals surface area (Å²) in [7, 11) is 1.92. The zero-order valence-electron chi connectivity index (χ0n) is 8.32. The highest BCUT2D eigenvalue weighted by atomic mass is 35.5. The number of imidazole rings is 1. The Morgan fingerprint density at radius 2 is 2.23 bits per heavy atom. The van der Waals surface area contributed by atoms with E-state index in [2.05, 4.69) is 29.1 Å². The number of hydrogen-bond acceptors (Lipinski definition) is 2. The SMILES string of the molecule is CNCCc1[nH]c(C(C)C)nc1Cl. The van der Waals surface area contributed by atoms with Crippen LogP contribution < -0.4 is 5.32 Å². The van der Waals surface area contributed by atoms with Crippen molar-refractivity contribution in [2.24, 2.45) is 0 Å². The van der Waals surface area contributed by atoms with Crippen molar-refractivity contribution in [3.05, 3.63) is 16.7 Å². The third kappa shape index (κ3) is 2.71. The Balaban J connectivity index is 2.71. The number of hydrogen-bond donors (Lipinski definition) is 2. The van der Waals surface area contributed by atoms with Crippen LogP contribution in [-0.4, -0.2) is 23.6 Å². The van der Waals surface area contributed by atoms with Gasteiger partial charge in [0, 0.05) is 18.9 Å². The molecule has 1 aromatic rings. The average molecular weight is 202 g/mol. The molecule has 1 heterocycles. The van der Waals surface area contributed by atoms with Crippen molar-refractivity contribution in [2.45, 2.75) is 26.2 Å². The third-order valence-corrected chi connectivity index (χ3v) is 2.23. The molecule has 0 unspecified atom stereocenters. The van der Waals surface area contributed by atoms with Crippen molar-refractivity contribution in [3.8, 4) is 0 Å². The van der Waals surface area contributed by atoms with E-state index < -0.39 is 0 Å². The summed E-state index contributed by atoms with van der Waals surface area (Å²) < 4.78 is 0. The van der Waals surface area contributed by atoms with Gasteiger partial charge < -0.3 is 10.3 Å². The molecule has 13 heavy (non-hydrogen) atoms. The van der Waals surface area contributed by atoms with Crippen LogP contribution in [-0.2, 0) is 6.42 Å². The van der Waals surface area contributed by atoms with E-state index in [0.717, 1.165) is 24.5 Å². The number of aromatic nitrogens is 2. The molecule has 1 rings (SSSR count). The van der Waals surface area contributed by atoms with Gasteiger partial charge in [0.2, 0.25) is 0 Å². The fourth-order valence-corrected chi connectivity index (χ4v) is 1.33. The molecule has 0 aliphatic heterocycles. The first-order chi connectivity index (χ1) is 6.15. The van der Waals surface area contributed by atoms with E-state index in [1.54, 1.807) is 0 Å². The van der Waals surface area contributed by atoms with Crippen molar-refractivity contribution in [1.29, 1.82) is 0 Å². The highest BCUT2D eigenvalue weighted by Gasteiger charge is 2.09. The van der Waals surface area contributed by atoms with Crippen molar-refractivity contribution in [2.75, 3.05) is 13.6 Å². The Kier molecular flexibility index (Phi) is 3.75. The molecule has 0 aliphatic rings. The minimum atomic E-state index is 0.404. The summed E-state index contributed by atoms with van der Waals surface area (Å²) in [5.41, 5.74) is 1.03. The van der Waals surface area contributed by atoms with Gasteiger partial charge in [0.15, 0.2) is 0 Å². The zero-order chi connectivity index (χ0) is 9.84. The lowest BCUT2D eigenvalue weighted by atomic mass is 10.2. The second kappa shape index (κ2) is 4.63. The monoisotopic (exact) mass is 201 g/mol. The Bertz CT molecular complexity index is 268. The molecule has 0 bridgehead atoms. The molecule has 0 amide bonds. The summed E-state index contributed by atoms with van der Waals surface area (Å²) >= 11 is 5.95. The molecule has 0 aromatic carbocycles. The van der Waals surface area contributed by atoms with Gasteiger partial charge in [-0.25, -0.2) is 4.98 Å². The topological polar surface area (TPSA) is 40.7 Å². The van der Waals surface area contributed by atoms with Crippen molar-refractivity contribution in [1.82, 2.24) is 15.3 Å². The fourth-order valence-electron chi connectivity index (χ4n) is 1.10. The van der Waals surface area contributed by atoms with Gasteiger partial charge in [-0.2, -0.15) is 0 Å². The molecule has 0 aliphatic carbocycles. The van der Waals surface area contributed by atoms with Gasteiger partial charge in [-0.15, -0.1) is 0 Å². The number of H-pyrrole nitrogens is 1. The minimum absolute atomic E-state index is 0.404. The fraction of sp³-hybridized carbons (Fsp3) is 0.667. The van der Waals surface area contributed by atoms with Gasteiger partial charge in [-0.05, 0) is 7.05 Å². The van der Waals surface area contributed by atoms with E-state index in [1.165, 1.54) is 0 Å². The minimum Gasteiger partial charge on any atom is -0.344 e. The first-order valence-electron chi connectivity index (χ1n) is 4.54. The molecule has 0 fully saturated rings. The normalized spacial score (nSPS) is 11.2. The predicted molar refractivity (Wildman–Crippen MR) is 55.3 cm³/mol. The number of likely N-dealkylation sites (N-methyl/N-ethyl adjacent to an activating group) is 1. The Morgan fingerprint density at radius 3 is 2.69 bits per heavy atom. The molecule has 0 saturated carbocycles. The number of rotatable bonds is 4. The van der Waals surface area contributed by atoms with Crippen LogP contribution in [0.25, 0.3) is 0 Å². The summed E-state index contributed by atoms with van der Waals surface area (Å²) in [6.45, 7) is 5.10. The molecular formula is C9H16ClN3. The Labute approximate surface area is 83.9 Å². The maximum absolute atomic E-state index is 5.95. The zero-order valence-corrected chi connectivity index (χ0v) is 9.07. The van der Waals surface area contributed by atoms with E-state index in [4.69, 9.17) is 11.6 Å². The molecule has 0 radical (unpaired) electrons. The predicted octanol–water partition coefficient (Wildman–Crippen LogP) is 1.95. The summed E-state index contributed by atoms with van der Waals surface area (Å²) in [4.78, 5) is 7.48. The first kappa shape index (κ1) is 10.5. The highest BCUT2D eigenvalue weighted by Crippen LogP contribution is 2.18. The lowest BCUT2D eigenvalue weighted by molar-refractivity contribution is 0.761. The number of aromatic amines is 1. The van der Waals surface area contributed by atoms with Crippen molar-refractivity contribution >= 4 is 11.6 Å². The molecule has 74 valence electrons. The van der Waals surface area contributed by atoms with Crippen LogP contribution in [0.4, 0.5) is 0 Å². The molecule has 0 atom stereocenters. The molecule has 0 saturated heterocycles. The lowest BCUT2D eigenvalue weighted by Crippen LogP contribution is -2.10. The van der Waals surface area contributed by atoms with Gasteiger partial charge in [0.25, 0.3) is 0 Å². The van der Waals surface area contributed by atoms with E-state index in [9.17, 15) is 0 Å². The quantitative estimate of drug-likeness (QED) is 0.782. The molecule has 0 spiro atoms. The van der Waals surface area contributed by atoms with Crippen LogP contribution in [0.3, 0.4) is 0 Å². The summed E-state index contributed by atoms with van der Waals surface area (Å²) in [6.07, 6.45) is 0.898. The first-order valence-corrected chi connectivity index (χ1v) is 4.91. The van der Waals surface area contributed by atoms with Gasteiger partial charge in [-0.3, -0.25) is 0 Å². The van der Waals surface area contributed by atoms with Crippen LogP contribution in [0.1, 0.15) is 31.3 Å². The van der Waals surface area contributed by atoms with Crippen LogP contribution in [0.2, 0.25) is 5.15 Å². The molecule has 1 aromatic heterocycles. The molecule has 3 nitrogen and oxygen atoms in total. The van der Waals surface area contributed by atoms with Gasteiger partial charge in [0.1, 0.15) is 11.0 Å². The van der Waals surface area contributed by atoms with Crippen molar-refractivity contribution in [3.63, 3.8) is 0 Å². The summed E-state index contributed by atoms with van der Waals surface area (Å²) in [6, 6.07) is 0. The number of halogens is 1. The standard InChI is InChI=1S/C9H16ClN3/c1-6(2)9-12-7(4-5-11-3)8(10)13-9/h6,11H,4-5H2,1-3H3,(H,12,13). The van der Waals surface area contributed by atoms with E-state index in [0.29, 0.717) is 11.1 Å². The maximum atomic E-state index is 5.95. The maximum Gasteiger partial charge on any atom is 0.150 e. The Hall–Kier alpha value is -0.540. The molecule has 2 N–H and O–H groups in total. The summed E-state index contributed by atoms with van der Waals surface area (Å²) in [5.74, 6) is 1.37. The van der Waals surface area contributed by atoms with Gasteiger partial charge in [0.05, 0.1) is 5.69 Å². The van der Waals surface area contributed by atoms with Crippen molar-refractivity contribution < 1.29 is 0 Å². The van der Waals surface area contributed by atoms with Crippen LogP contribution in [0.5, 0.6) is 0 Å². The number of nitrogens with one attached hydrogen (secondary N) is 2. The third-order valence-electron chi connectivity index (χ3n) is 1.92. The number of nitrogens with zero attached hydrogens (tertiary/aromatic N) is 1. The lowest BCUT2D eigenvalue weighted by Gasteiger charge is -1.98. The Morgan fingerprint density at radius 1 is 1.54 bits per heavy atom. The average Bonchev–Trinajstić information content (AvgIpc) is 2.44. The van der Waals surface area contributed by atoms with Crippen LogP contribution in [0.15, 0.2) is 0 Å². The van der Waals surface area contributed by atoms with E-state index >= 15 is 0 Å².